The minimum absolute atomic E-state index is 0.0329. The van der Waals surface area contributed by atoms with Gasteiger partial charge in [-0.05, 0) is 42.3 Å². The molecule has 0 saturated heterocycles. The average molecular weight is 371 g/mol. The van der Waals surface area contributed by atoms with Gasteiger partial charge in [0, 0.05) is 13.2 Å². The van der Waals surface area contributed by atoms with Crippen LogP contribution in [0.1, 0.15) is 42.1 Å². The van der Waals surface area contributed by atoms with Gasteiger partial charge in [0.25, 0.3) is 11.5 Å². The van der Waals surface area contributed by atoms with Gasteiger partial charge in [-0.15, -0.1) is 0 Å². The molecule has 2 rings (SSSR count). The van der Waals surface area contributed by atoms with Gasteiger partial charge in [-0.25, -0.2) is 5.43 Å². The number of carbonyl (C=O) groups is 1. The maximum absolute atomic E-state index is 12.1. The van der Waals surface area contributed by atoms with E-state index < -0.39 is 5.91 Å². The predicted octanol–water partition coefficient (Wildman–Crippen LogP) is 2.73. The molecule has 0 aliphatic heterocycles. The van der Waals surface area contributed by atoms with Crippen molar-refractivity contribution < 1.29 is 14.3 Å². The summed E-state index contributed by atoms with van der Waals surface area (Å²) in [4.78, 5) is 24.0. The van der Waals surface area contributed by atoms with Crippen LogP contribution in [0.5, 0.6) is 11.5 Å². The summed E-state index contributed by atoms with van der Waals surface area (Å²) in [5.74, 6) is 0.705. The zero-order valence-electron chi connectivity index (χ0n) is 15.9. The van der Waals surface area contributed by atoms with Gasteiger partial charge in [-0.2, -0.15) is 5.10 Å². The van der Waals surface area contributed by atoms with Gasteiger partial charge in [0.1, 0.15) is 5.56 Å². The molecule has 1 aromatic carbocycles. The molecule has 0 saturated carbocycles. The van der Waals surface area contributed by atoms with E-state index in [1.54, 1.807) is 38.6 Å². The van der Waals surface area contributed by atoms with Crippen molar-refractivity contribution in [3.8, 4) is 11.5 Å². The lowest BCUT2D eigenvalue weighted by molar-refractivity contribution is 0.0953. The normalized spacial score (nSPS) is 10.8. The standard InChI is InChI=1S/C20H25N3O4/c1-4-5-6-12-27-17-10-9-15(13-18(17)26-3)14-21-22-19(24)16-8-7-11-23(2)20(16)25/h7-11,13-14H,4-6,12H2,1-3H3,(H,22,24)/b21-14-. The maximum Gasteiger partial charge on any atom is 0.276 e. The number of aromatic nitrogens is 1. The van der Waals surface area contributed by atoms with E-state index in [1.807, 2.05) is 6.07 Å². The third kappa shape index (κ3) is 5.70. The number of hydrogen-bond acceptors (Lipinski definition) is 5. The van der Waals surface area contributed by atoms with Gasteiger partial charge < -0.3 is 14.0 Å². The summed E-state index contributed by atoms with van der Waals surface area (Å²) >= 11 is 0. The van der Waals surface area contributed by atoms with Crippen LogP contribution in [-0.2, 0) is 7.05 Å². The fraction of sp³-hybridized carbons (Fsp3) is 0.350. The van der Waals surface area contributed by atoms with E-state index in [-0.39, 0.29) is 11.1 Å². The lowest BCUT2D eigenvalue weighted by Crippen LogP contribution is -2.29. The highest BCUT2D eigenvalue weighted by Crippen LogP contribution is 2.27. The molecule has 0 fully saturated rings. The van der Waals surface area contributed by atoms with E-state index in [0.717, 1.165) is 24.8 Å². The highest BCUT2D eigenvalue weighted by molar-refractivity contribution is 5.94. The Morgan fingerprint density at radius 2 is 2.07 bits per heavy atom. The highest BCUT2D eigenvalue weighted by Gasteiger charge is 2.10. The minimum atomic E-state index is -0.560. The number of benzene rings is 1. The lowest BCUT2D eigenvalue weighted by Gasteiger charge is -2.11. The number of pyridine rings is 1. The summed E-state index contributed by atoms with van der Waals surface area (Å²) in [5.41, 5.74) is 2.75. The Morgan fingerprint density at radius 1 is 1.26 bits per heavy atom. The number of nitrogens with one attached hydrogen (secondary N) is 1. The topological polar surface area (TPSA) is 81.9 Å². The Bertz CT molecular complexity index is 859. The fourth-order valence-corrected chi connectivity index (χ4v) is 2.41. The summed E-state index contributed by atoms with van der Waals surface area (Å²) in [7, 11) is 3.16. The first kappa shape index (κ1) is 20.2. The quantitative estimate of drug-likeness (QED) is 0.417. The Morgan fingerprint density at radius 3 is 2.81 bits per heavy atom. The Hall–Kier alpha value is -3.09. The van der Waals surface area contributed by atoms with Gasteiger partial charge in [0.2, 0.25) is 0 Å². The van der Waals surface area contributed by atoms with Crippen molar-refractivity contribution in [1.29, 1.82) is 0 Å². The van der Waals surface area contributed by atoms with E-state index in [9.17, 15) is 9.59 Å². The predicted molar refractivity (Wildman–Crippen MR) is 105 cm³/mol. The molecule has 0 atom stereocenters. The number of nitrogens with zero attached hydrogens (tertiary/aromatic N) is 2. The summed E-state index contributed by atoms with van der Waals surface area (Å²) in [5, 5.41) is 3.91. The molecule has 0 spiro atoms. The van der Waals surface area contributed by atoms with Crippen LogP contribution in [0.25, 0.3) is 0 Å². The summed E-state index contributed by atoms with van der Waals surface area (Å²) in [6.07, 6.45) is 6.32. The molecule has 1 aromatic heterocycles. The van der Waals surface area contributed by atoms with Crippen molar-refractivity contribution >= 4 is 12.1 Å². The van der Waals surface area contributed by atoms with Crippen LogP contribution in [0.4, 0.5) is 0 Å². The Kier molecular flexibility index (Phi) is 7.61. The molecule has 1 heterocycles. The fourth-order valence-electron chi connectivity index (χ4n) is 2.41. The van der Waals surface area contributed by atoms with Crippen LogP contribution in [-0.4, -0.2) is 30.4 Å². The largest absolute Gasteiger partial charge is 0.493 e. The van der Waals surface area contributed by atoms with Crippen LogP contribution in [0, 0.1) is 0 Å². The van der Waals surface area contributed by atoms with Gasteiger partial charge in [0.05, 0.1) is 19.9 Å². The molecule has 27 heavy (non-hydrogen) atoms. The molecule has 0 radical (unpaired) electrons. The number of hydrazone groups is 1. The second-order valence-electron chi connectivity index (χ2n) is 6.00. The van der Waals surface area contributed by atoms with E-state index in [0.29, 0.717) is 18.1 Å². The minimum Gasteiger partial charge on any atom is -0.493 e. The van der Waals surface area contributed by atoms with Gasteiger partial charge in [-0.3, -0.25) is 9.59 Å². The number of ether oxygens (including phenoxy) is 2. The molecular formula is C20H25N3O4. The third-order valence-electron chi connectivity index (χ3n) is 3.94. The van der Waals surface area contributed by atoms with E-state index >= 15 is 0 Å². The molecule has 0 aliphatic carbocycles. The number of unbranched alkanes of at least 4 members (excludes halogenated alkanes) is 2. The molecule has 0 aliphatic rings. The van der Waals surface area contributed by atoms with Gasteiger partial charge in [-0.1, -0.05) is 19.8 Å². The number of methoxy groups -OCH3 is 1. The average Bonchev–Trinajstić information content (AvgIpc) is 2.67. The lowest BCUT2D eigenvalue weighted by atomic mass is 10.2. The highest BCUT2D eigenvalue weighted by atomic mass is 16.5. The van der Waals surface area contributed by atoms with Crippen LogP contribution < -0.4 is 20.5 Å². The molecular weight excluding hydrogens is 346 g/mol. The Labute approximate surface area is 158 Å². The van der Waals surface area contributed by atoms with Crippen LogP contribution >= 0.6 is 0 Å². The molecule has 1 amide bonds. The number of rotatable bonds is 9. The summed E-state index contributed by atoms with van der Waals surface area (Å²) in [6, 6.07) is 8.48. The van der Waals surface area contributed by atoms with Gasteiger partial charge >= 0.3 is 0 Å². The summed E-state index contributed by atoms with van der Waals surface area (Å²) in [6.45, 7) is 2.78. The second kappa shape index (κ2) is 10.2. The van der Waals surface area contributed by atoms with Crippen molar-refractivity contribution in [2.45, 2.75) is 26.2 Å². The van der Waals surface area contributed by atoms with Crippen LogP contribution in [0.3, 0.4) is 0 Å². The first-order chi connectivity index (χ1) is 13.1. The molecule has 7 nitrogen and oxygen atoms in total. The SMILES string of the molecule is CCCCCOc1ccc(/C=N\NC(=O)c2cccn(C)c2=O)cc1OC. The number of amides is 1. The first-order valence-corrected chi connectivity index (χ1v) is 8.86. The van der Waals surface area contributed by atoms with Crippen LogP contribution in [0.2, 0.25) is 0 Å². The van der Waals surface area contributed by atoms with Crippen LogP contribution in [0.15, 0.2) is 46.4 Å². The molecule has 1 N–H and O–H groups in total. The van der Waals surface area contributed by atoms with Gasteiger partial charge in [0.15, 0.2) is 11.5 Å². The third-order valence-corrected chi connectivity index (χ3v) is 3.94. The van der Waals surface area contributed by atoms with Crippen molar-refractivity contribution in [3.63, 3.8) is 0 Å². The van der Waals surface area contributed by atoms with E-state index in [1.165, 1.54) is 16.8 Å². The molecule has 144 valence electrons. The zero-order valence-corrected chi connectivity index (χ0v) is 15.9. The molecule has 2 aromatic rings. The smallest absolute Gasteiger partial charge is 0.276 e. The van der Waals surface area contributed by atoms with Crippen molar-refractivity contribution in [2.24, 2.45) is 12.1 Å². The zero-order chi connectivity index (χ0) is 19.6. The molecule has 0 unspecified atom stereocenters. The maximum atomic E-state index is 12.1. The van der Waals surface area contributed by atoms with Crippen molar-refractivity contribution in [3.05, 3.63) is 58.0 Å². The monoisotopic (exact) mass is 371 g/mol. The first-order valence-electron chi connectivity index (χ1n) is 8.86. The second-order valence-corrected chi connectivity index (χ2v) is 6.00. The Balaban J connectivity index is 2.01. The van der Waals surface area contributed by atoms with Crippen molar-refractivity contribution in [2.75, 3.05) is 13.7 Å². The summed E-state index contributed by atoms with van der Waals surface area (Å²) < 4.78 is 12.4. The van der Waals surface area contributed by atoms with E-state index in [2.05, 4.69) is 17.5 Å². The number of aryl methyl sites for hydroxylation is 1. The number of carbonyl (C=O) groups excluding carboxylic acids is 1. The van der Waals surface area contributed by atoms with E-state index in [4.69, 9.17) is 9.47 Å². The van der Waals surface area contributed by atoms with Crippen molar-refractivity contribution in [1.82, 2.24) is 9.99 Å². The molecule has 7 heteroatoms. The molecule has 0 bridgehead atoms. The number of hydrogen-bond donors (Lipinski definition) is 1.